The van der Waals surface area contributed by atoms with Crippen molar-refractivity contribution < 1.29 is 23.9 Å². The molecule has 3 atom stereocenters. The predicted octanol–water partition coefficient (Wildman–Crippen LogP) is 1.78. The van der Waals surface area contributed by atoms with Crippen molar-refractivity contribution in [2.75, 3.05) is 40.4 Å². The SMILES string of the molecule is C=CCN1C(=O)NC(=O)[C@](Cc2ccc(OC)c(OC)c2)(CN2C[C@@H]3C[C@H](C2)c2cccc(=O)n2C3)C1=O. The smallest absolute Gasteiger partial charge is 0.331 e. The molecule has 4 amide bonds. The summed E-state index contributed by atoms with van der Waals surface area (Å²) in [5, 5.41) is 2.42. The largest absolute Gasteiger partial charge is 0.493 e. The molecule has 1 N–H and O–H groups in total. The number of urea groups is 1. The number of piperidine rings is 1. The highest BCUT2D eigenvalue weighted by Gasteiger charge is 2.55. The lowest BCUT2D eigenvalue weighted by atomic mass is 9.75. The van der Waals surface area contributed by atoms with Crippen LogP contribution in [0.3, 0.4) is 0 Å². The minimum absolute atomic E-state index is 0.00371. The molecule has 0 radical (unpaired) electrons. The second-order valence-electron chi connectivity index (χ2n) is 10.3. The minimum Gasteiger partial charge on any atom is -0.493 e. The monoisotopic (exact) mass is 520 g/mol. The third kappa shape index (κ3) is 4.38. The first-order chi connectivity index (χ1) is 18.3. The number of barbiturate groups is 1. The van der Waals surface area contributed by atoms with Crippen LogP contribution in [0.5, 0.6) is 11.5 Å². The van der Waals surface area contributed by atoms with Crippen molar-refractivity contribution in [3.05, 3.63) is 70.7 Å². The third-order valence-electron chi connectivity index (χ3n) is 7.87. The fourth-order valence-corrected chi connectivity index (χ4v) is 6.22. The minimum atomic E-state index is -1.54. The van der Waals surface area contributed by atoms with Crippen LogP contribution < -0.4 is 20.3 Å². The summed E-state index contributed by atoms with van der Waals surface area (Å²) >= 11 is 0. The maximum absolute atomic E-state index is 14.0. The number of imide groups is 2. The molecule has 3 aliphatic rings. The Labute approximate surface area is 220 Å². The van der Waals surface area contributed by atoms with Crippen molar-refractivity contribution in [1.82, 2.24) is 19.7 Å². The van der Waals surface area contributed by atoms with Gasteiger partial charge in [0.15, 0.2) is 11.5 Å². The Morgan fingerprint density at radius 3 is 2.58 bits per heavy atom. The predicted molar refractivity (Wildman–Crippen MR) is 139 cm³/mol. The van der Waals surface area contributed by atoms with E-state index in [1.165, 1.54) is 20.3 Å². The molecule has 3 aliphatic heterocycles. The number of hydrogen-bond acceptors (Lipinski definition) is 7. The summed E-state index contributed by atoms with van der Waals surface area (Å²) < 4.78 is 12.6. The summed E-state index contributed by atoms with van der Waals surface area (Å²) in [6.07, 6.45) is 2.49. The number of pyridine rings is 1. The number of methoxy groups -OCH3 is 2. The molecule has 2 aromatic rings. The number of nitrogens with one attached hydrogen (secondary N) is 1. The Hall–Kier alpha value is -3.92. The van der Waals surface area contributed by atoms with Crippen LogP contribution in [0.4, 0.5) is 4.79 Å². The number of amides is 4. The summed E-state index contributed by atoms with van der Waals surface area (Å²) in [6.45, 7) is 5.64. The van der Waals surface area contributed by atoms with Crippen LogP contribution in [-0.4, -0.2) is 72.6 Å². The average Bonchev–Trinajstić information content (AvgIpc) is 2.90. The number of aromatic nitrogens is 1. The van der Waals surface area contributed by atoms with Gasteiger partial charge in [-0.05, 0) is 42.5 Å². The zero-order chi connectivity index (χ0) is 27.0. The molecule has 0 spiro atoms. The molecule has 10 nitrogen and oxygen atoms in total. The Morgan fingerprint density at radius 2 is 1.84 bits per heavy atom. The van der Waals surface area contributed by atoms with Crippen LogP contribution >= 0.6 is 0 Å². The summed E-state index contributed by atoms with van der Waals surface area (Å²) in [6, 6.07) is 9.88. The van der Waals surface area contributed by atoms with E-state index >= 15 is 0 Å². The summed E-state index contributed by atoms with van der Waals surface area (Å²) in [5.41, 5.74) is 0.137. The van der Waals surface area contributed by atoms with Gasteiger partial charge in [0, 0.05) is 50.4 Å². The van der Waals surface area contributed by atoms with Crippen molar-refractivity contribution >= 4 is 17.8 Å². The Balaban J connectivity index is 1.51. The van der Waals surface area contributed by atoms with Gasteiger partial charge in [0.2, 0.25) is 11.8 Å². The molecule has 2 fully saturated rings. The lowest BCUT2D eigenvalue weighted by molar-refractivity contribution is -0.153. The molecule has 0 saturated carbocycles. The van der Waals surface area contributed by atoms with Crippen molar-refractivity contribution in [1.29, 1.82) is 0 Å². The number of hydrogen-bond donors (Lipinski definition) is 1. The number of rotatable bonds is 8. The van der Waals surface area contributed by atoms with Crippen LogP contribution in [0.25, 0.3) is 0 Å². The van der Waals surface area contributed by atoms with E-state index in [2.05, 4.69) is 16.8 Å². The fourth-order valence-electron chi connectivity index (χ4n) is 6.22. The summed E-state index contributed by atoms with van der Waals surface area (Å²) in [7, 11) is 3.06. The highest BCUT2D eigenvalue weighted by atomic mass is 16.5. The average molecular weight is 521 g/mol. The maximum Gasteiger partial charge on any atom is 0.331 e. The van der Waals surface area contributed by atoms with Crippen LogP contribution in [0, 0.1) is 11.3 Å². The number of ether oxygens (including phenoxy) is 2. The normalized spacial score (nSPS) is 25.0. The number of carbonyl (C=O) groups excluding carboxylic acids is 3. The molecule has 0 aliphatic carbocycles. The molecule has 2 bridgehead atoms. The highest BCUT2D eigenvalue weighted by Crippen LogP contribution is 2.39. The molecule has 10 heteroatoms. The van der Waals surface area contributed by atoms with Gasteiger partial charge in [-0.3, -0.25) is 24.6 Å². The molecular formula is C28H32N4O6. The van der Waals surface area contributed by atoms with E-state index in [9.17, 15) is 19.2 Å². The number of nitrogens with zero attached hydrogens (tertiary/aromatic N) is 3. The topological polar surface area (TPSA) is 110 Å². The number of fused-ring (bicyclic) bond motifs is 4. The van der Waals surface area contributed by atoms with Crippen molar-refractivity contribution in [2.45, 2.75) is 25.3 Å². The Bertz CT molecular complexity index is 1350. The Morgan fingerprint density at radius 1 is 1.05 bits per heavy atom. The molecule has 5 rings (SSSR count). The molecule has 1 aromatic heterocycles. The first kappa shape index (κ1) is 25.7. The molecule has 200 valence electrons. The van der Waals surface area contributed by atoms with Gasteiger partial charge in [0.25, 0.3) is 5.56 Å². The second kappa shape index (κ2) is 10.1. The van der Waals surface area contributed by atoms with Gasteiger partial charge in [-0.1, -0.05) is 18.2 Å². The molecule has 0 unspecified atom stereocenters. The fraction of sp³-hybridized carbons (Fsp3) is 0.429. The first-order valence-corrected chi connectivity index (χ1v) is 12.7. The molecule has 4 heterocycles. The third-order valence-corrected chi connectivity index (χ3v) is 7.87. The van der Waals surface area contributed by atoms with Gasteiger partial charge in [-0.15, -0.1) is 6.58 Å². The van der Waals surface area contributed by atoms with Gasteiger partial charge < -0.3 is 18.9 Å². The number of benzene rings is 1. The zero-order valence-electron chi connectivity index (χ0n) is 21.6. The van der Waals surface area contributed by atoms with E-state index < -0.39 is 23.3 Å². The van der Waals surface area contributed by atoms with Gasteiger partial charge in [0.1, 0.15) is 5.41 Å². The lowest BCUT2D eigenvalue weighted by Gasteiger charge is -2.47. The standard InChI is InChI=1S/C28H32N4O6/c1-4-10-31-26(35)28(25(34)29-27(31)36,13-18-8-9-22(37-2)23(12-18)38-3)17-30-14-19-11-20(16-30)21-6-5-7-24(33)32(21)15-19/h4-9,12,19-20H,1,10-11,13-17H2,2-3H3,(H,29,34,36)/t19-,20+,28-/m0/s1. The Kier molecular flexibility index (Phi) is 6.83. The van der Waals surface area contributed by atoms with Crippen LogP contribution in [0.1, 0.15) is 23.6 Å². The van der Waals surface area contributed by atoms with Crippen LogP contribution in [0.15, 0.2) is 53.8 Å². The highest BCUT2D eigenvalue weighted by molar-refractivity contribution is 6.19. The van der Waals surface area contributed by atoms with E-state index in [4.69, 9.17) is 9.47 Å². The van der Waals surface area contributed by atoms with Gasteiger partial charge in [-0.25, -0.2) is 4.79 Å². The van der Waals surface area contributed by atoms with Crippen LogP contribution in [0.2, 0.25) is 0 Å². The lowest BCUT2D eigenvalue weighted by Crippen LogP contribution is -2.68. The van der Waals surface area contributed by atoms with E-state index in [1.54, 1.807) is 30.3 Å². The number of carbonyl (C=O) groups is 3. The molecule has 1 aromatic carbocycles. The second-order valence-corrected chi connectivity index (χ2v) is 10.3. The quantitative estimate of drug-likeness (QED) is 0.417. The van der Waals surface area contributed by atoms with Gasteiger partial charge in [-0.2, -0.15) is 0 Å². The maximum atomic E-state index is 14.0. The molecule has 38 heavy (non-hydrogen) atoms. The van der Waals surface area contributed by atoms with Crippen molar-refractivity contribution in [2.24, 2.45) is 11.3 Å². The van der Waals surface area contributed by atoms with Gasteiger partial charge in [0.05, 0.1) is 14.2 Å². The van der Waals surface area contributed by atoms with Crippen LogP contribution in [-0.2, 0) is 22.6 Å². The number of likely N-dealkylation sites (tertiary alicyclic amines) is 1. The van der Waals surface area contributed by atoms with Crippen molar-refractivity contribution in [3.63, 3.8) is 0 Å². The zero-order valence-corrected chi connectivity index (χ0v) is 21.6. The molecular weight excluding hydrogens is 488 g/mol. The van der Waals surface area contributed by atoms with Gasteiger partial charge >= 0.3 is 6.03 Å². The van der Waals surface area contributed by atoms with E-state index in [-0.39, 0.29) is 36.9 Å². The van der Waals surface area contributed by atoms with Crippen molar-refractivity contribution in [3.8, 4) is 11.5 Å². The van der Waals surface area contributed by atoms with E-state index in [0.717, 1.165) is 17.0 Å². The molecule has 2 saturated heterocycles. The summed E-state index contributed by atoms with van der Waals surface area (Å²) in [4.78, 5) is 55.8. The first-order valence-electron chi connectivity index (χ1n) is 12.7. The van der Waals surface area contributed by atoms with E-state index in [1.807, 2.05) is 10.6 Å². The summed E-state index contributed by atoms with van der Waals surface area (Å²) in [5.74, 6) is 0.181. The van der Waals surface area contributed by atoms with E-state index in [0.29, 0.717) is 36.7 Å².